The highest BCUT2D eigenvalue weighted by molar-refractivity contribution is 7.99. The molecular formula is C23H27N7O3S. The number of piperidine rings is 1. The second-order valence-electron chi connectivity index (χ2n) is 10.0. The summed E-state index contributed by atoms with van der Waals surface area (Å²) in [5.74, 6) is 2.40. The van der Waals surface area contributed by atoms with E-state index in [0.717, 1.165) is 65.4 Å². The molecule has 2 spiro atoms. The lowest BCUT2D eigenvalue weighted by molar-refractivity contribution is -0.0652. The van der Waals surface area contributed by atoms with Crippen molar-refractivity contribution < 1.29 is 14.2 Å². The predicted octanol–water partition coefficient (Wildman–Crippen LogP) is 2.87. The van der Waals surface area contributed by atoms with E-state index in [2.05, 4.69) is 32.3 Å². The molecule has 3 saturated heterocycles. The first-order valence-corrected chi connectivity index (χ1v) is 12.7. The average molecular weight is 482 g/mol. The van der Waals surface area contributed by atoms with Crippen LogP contribution in [0.3, 0.4) is 0 Å². The summed E-state index contributed by atoms with van der Waals surface area (Å²) >= 11 is 1.51. The van der Waals surface area contributed by atoms with Gasteiger partial charge >= 0.3 is 0 Å². The van der Waals surface area contributed by atoms with Crippen LogP contribution in [-0.4, -0.2) is 76.3 Å². The van der Waals surface area contributed by atoms with E-state index in [-0.39, 0.29) is 5.54 Å². The zero-order valence-corrected chi connectivity index (χ0v) is 19.9. The van der Waals surface area contributed by atoms with E-state index >= 15 is 0 Å². The molecule has 4 aliphatic rings. The Labute approximate surface area is 201 Å². The third-order valence-electron chi connectivity index (χ3n) is 7.48. The van der Waals surface area contributed by atoms with Crippen molar-refractivity contribution >= 4 is 34.6 Å². The third-order valence-corrected chi connectivity index (χ3v) is 8.50. The van der Waals surface area contributed by atoms with Crippen molar-refractivity contribution in [2.45, 2.75) is 47.8 Å². The van der Waals surface area contributed by atoms with Crippen molar-refractivity contribution in [3.05, 3.63) is 18.5 Å². The summed E-state index contributed by atoms with van der Waals surface area (Å²) in [6, 6.07) is 1.94. The topological polar surface area (TPSA) is 110 Å². The van der Waals surface area contributed by atoms with Crippen molar-refractivity contribution in [1.82, 2.24) is 25.1 Å². The molecule has 3 fully saturated rings. The Kier molecular flexibility index (Phi) is 4.69. The van der Waals surface area contributed by atoms with Crippen molar-refractivity contribution in [3.8, 4) is 5.75 Å². The molecule has 4 aliphatic heterocycles. The van der Waals surface area contributed by atoms with Crippen LogP contribution in [0.2, 0.25) is 0 Å². The number of nitrogens with one attached hydrogen (secondary N) is 2. The van der Waals surface area contributed by atoms with Crippen molar-refractivity contribution in [2.24, 2.45) is 5.41 Å². The van der Waals surface area contributed by atoms with E-state index in [4.69, 9.17) is 24.2 Å². The molecular weight excluding hydrogens is 454 g/mol. The van der Waals surface area contributed by atoms with Crippen molar-refractivity contribution in [2.75, 3.05) is 49.7 Å². The highest BCUT2D eigenvalue weighted by atomic mass is 32.2. The molecule has 7 rings (SSSR count). The molecule has 0 radical (unpaired) electrons. The van der Waals surface area contributed by atoms with Gasteiger partial charge in [-0.2, -0.15) is 5.10 Å². The van der Waals surface area contributed by atoms with Gasteiger partial charge in [0.05, 0.1) is 37.0 Å². The smallest absolute Gasteiger partial charge is 0.177 e. The molecule has 10 nitrogen and oxygen atoms in total. The molecule has 0 amide bonds. The first-order chi connectivity index (χ1) is 16.6. The molecule has 0 unspecified atom stereocenters. The zero-order valence-electron chi connectivity index (χ0n) is 19.0. The first-order valence-electron chi connectivity index (χ1n) is 11.8. The predicted molar refractivity (Wildman–Crippen MR) is 127 cm³/mol. The number of aromatic amines is 1. The number of H-pyrrole nitrogens is 1. The van der Waals surface area contributed by atoms with Gasteiger partial charge < -0.3 is 24.4 Å². The fraction of sp³-hybridized carbons (Fsp3) is 0.565. The maximum absolute atomic E-state index is 6.10. The van der Waals surface area contributed by atoms with Crippen molar-refractivity contribution in [3.63, 3.8) is 0 Å². The zero-order chi connectivity index (χ0) is 22.8. The Morgan fingerprint density at radius 3 is 2.79 bits per heavy atom. The molecule has 0 aromatic carbocycles. The van der Waals surface area contributed by atoms with Gasteiger partial charge in [0, 0.05) is 19.3 Å². The van der Waals surface area contributed by atoms with Crippen LogP contribution in [0.5, 0.6) is 5.75 Å². The number of nitrogens with zero attached hydrogens (tertiary/aromatic N) is 5. The van der Waals surface area contributed by atoms with Crippen LogP contribution in [0.25, 0.3) is 11.2 Å². The van der Waals surface area contributed by atoms with Gasteiger partial charge in [0.2, 0.25) is 0 Å². The van der Waals surface area contributed by atoms with Crippen LogP contribution in [0, 0.1) is 5.41 Å². The van der Waals surface area contributed by atoms with Crippen LogP contribution in [0.4, 0.5) is 11.6 Å². The van der Waals surface area contributed by atoms with E-state index in [1.54, 1.807) is 6.20 Å². The number of fused-ring (bicyclic) bond motifs is 2. The fourth-order valence-electron chi connectivity index (χ4n) is 5.44. The highest BCUT2D eigenvalue weighted by Gasteiger charge is 2.44. The SMILES string of the molecule is C[C@H]1CC2(CCN(c3cnc4c(Sc5ccnc6c5OCC5(COC5)N6)n[nH]c4n3)CC2)CO1. The van der Waals surface area contributed by atoms with Gasteiger partial charge in [0.1, 0.15) is 23.5 Å². The monoisotopic (exact) mass is 481 g/mol. The van der Waals surface area contributed by atoms with Crippen LogP contribution < -0.4 is 15.0 Å². The van der Waals surface area contributed by atoms with Gasteiger partial charge in [-0.15, -0.1) is 0 Å². The molecule has 0 bridgehead atoms. The van der Waals surface area contributed by atoms with Crippen LogP contribution >= 0.6 is 11.8 Å². The quantitative estimate of drug-likeness (QED) is 0.579. The van der Waals surface area contributed by atoms with E-state index < -0.39 is 0 Å². The van der Waals surface area contributed by atoms with E-state index in [0.29, 0.717) is 37.0 Å². The Morgan fingerprint density at radius 2 is 2.03 bits per heavy atom. The number of hydrogen-bond acceptors (Lipinski definition) is 10. The molecule has 178 valence electrons. The van der Waals surface area contributed by atoms with Crippen LogP contribution in [0.15, 0.2) is 28.4 Å². The lowest BCUT2D eigenvalue weighted by Crippen LogP contribution is -2.61. The Bertz CT molecular complexity index is 1240. The molecule has 3 aromatic rings. The highest BCUT2D eigenvalue weighted by Crippen LogP contribution is 2.44. The normalized spacial score (nSPS) is 24.6. The van der Waals surface area contributed by atoms with Gasteiger partial charge in [0.25, 0.3) is 0 Å². The maximum Gasteiger partial charge on any atom is 0.177 e. The second kappa shape index (κ2) is 7.69. The summed E-state index contributed by atoms with van der Waals surface area (Å²) in [7, 11) is 0. The van der Waals surface area contributed by atoms with Crippen LogP contribution in [-0.2, 0) is 9.47 Å². The Balaban J connectivity index is 1.09. The van der Waals surface area contributed by atoms with Crippen molar-refractivity contribution in [1.29, 1.82) is 0 Å². The second-order valence-corrected chi connectivity index (χ2v) is 11.1. The number of rotatable bonds is 3. The molecule has 3 aromatic heterocycles. The largest absolute Gasteiger partial charge is 0.486 e. The molecule has 7 heterocycles. The molecule has 0 saturated carbocycles. The van der Waals surface area contributed by atoms with Gasteiger partial charge in [0.15, 0.2) is 22.2 Å². The number of hydrogen-bond donors (Lipinski definition) is 2. The van der Waals surface area contributed by atoms with E-state index in [1.165, 1.54) is 18.2 Å². The summed E-state index contributed by atoms with van der Waals surface area (Å²) in [4.78, 5) is 17.3. The standard InChI is InChI=1S/C23H27N7O3S/c1-14-8-22(10-32-14)3-6-30(7-4-22)16-9-25-17-19(26-16)28-29-21(17)34-15-2-5-24-20-18(15)33-13-23(27-20)11-31-12-23/h2,5,9,14H,3-4,6-8,10-13H2,1H3,(H,24,27)(H,26,28,29)/t14-/m0/s1. The summed E-state index contributed by atoms with van der Waals surface area (Å²) in [5, 5.41) is 11.8. The van der Waals surface area contributed by atoms with Crippen LogP contribution in [0.1, 0.15) is 26.2 Å². The van der Waals surface area contributed by atoms with Gasteiger partial charge in [-0.05, 0) is 37.7 Å². The van der Waals surface area contributed by atoms with E-state index in [1.807, 2.05) is 12.3 Å². The Morgan fingerprint density at radius 1 is 1.15 bits per heavy atom. The minimum atomic E-state index is -0.151. The average Bonchev–Trinajstić information content (AvgIpc) is 3.41. The van der Waals surface area contributed by atoms with E-state index in [9.17, 15) is 0 Å². The molecule has 0 aliphatic carbocycles. The minimum Gasteiger partial charge on any atom is -0.486 e. The summed E-state index contributed by atoms with van der Waals surface area (Å²) in [6.45, 7) is 6.86. The Hall–Kier alpha value is -2.63. The van der Waals surface area contributed by atoms with Gasteiger partial charge in [-0.3, -0.25) is 5.10 Å². The van der Waals surface area contributed by atoms with Gasteiger partial charge in [-0.1, -0.05) is 11.8 Å². The molecule has 11 heteroatoms. The molecule has 34 heavy (non-hydrogen) atoms. The van der Waals surface area contributed by atoms with Gasteiger partial charge in [-0.25, -0.2) is 15.0 Å². The number of aromatic nitrogens is 5. The first kappa shape index (κ1) is 20.7. The number of anilines is 2. The summed E-state index contributed by atoms with van der Waals surface area (Å²) in [5.41, 5.74) is 1.66. The summed E-state index contributed by atoms with van der Waals surface area (Å²) in [6.07, 6.45) is 7.47. The minimum absolute atomic E-state index is 0.151. The lowest BCUT2D eigenvalue weighted by Gasteiger charge is -2.44. The fourth-order valence-corrected chi connectivity index (χ4v) is 6.37. The number of pyridine rings is 1. The summed E-state index contributed by atoms with van der Waals surface area (Å²) < 4.78 is 17.3. The third kappa shape index (κ3) is 3.40. The maximum atomic E-state index is 6.10. The lowest BCUT2D eigenvalue weighted by atomic mass is 9.77. The molecule has 2 N–H and O–H groups in total. The molecule has 1 atom stereocenters. The number of ether oxygens (including phenoxy) is 3.